The molecule has 3 aromatic carbocycles. The maximum absolute atomic E-state index is 11.9. The number of hydrogen-bond acceptors (Lipinski definition) is 5. The van der Waals surface area contributed by atoms with Crippen LogP contribution in [0.2, 0.25) is 0 Å². The Hall–Kier alpha value is -3.78. The lowest BCUT2D eigenvalue weighted by Crippen LogP contribution is -2.41. The predicted octanol–water partition coefficient (Wildman–Crippen LogP) is 5.96. The highest BCUT2D eigenvalue weighted by atomic mass is 16.7. The van der Waals surface area contributed by atoms with Gasteiger partial charge >= 0.3 is 0 Å². The largest absolute Gasteiger partial charge is 0.379 e. The first-order valence-electron chi connectivity index (χ1n) is 14.4. The summed E-state index contributed by atoms with van der Waals surface area (Å²) < 4.78 is 21.0. The summed E-state index contributed by atoms with van der Waals surface area (Å²) in [6.45, 7) is 6.22. The Kier molecular flexibility index (Phi) is 8.28. The van der Waals surface area contributed by atoms with Crippen LogP contribution in [0.5, 0.6) is 0 Å². The van der Waals surface area contributed by atoms with E-state index in [0.29, 0.717) is 45.9 Å². The number of ether oxygens (including phenoxy) is 3. The van der Waals surface area contributed by atoms with Crippen molar-refractivity contribution in [2.24, 2.45) is 5.41 Å². The number of nitrogens with zero attached hydrogens (tertiary/aromatic N) is 3. The van der Waals surface area contributed by atoms with E-state index < -0.39 is 6.29 Å². The Bertz CT molecular complexity index is 1430. The minimum atomic E-state index is -0.603. The molecule has 0 N–H and O–H groups in total. The summed E-state index contributed by atoms with van der Waals surface area (Å²) in [6, 6.07) is 31.1. The van der Waals surface area contributed by atoms with Crippen LogP contribution >= 0.6 is 0 Å². The maximum Gasteiger partial charge on any atom is 0.222 e. The van der Waals surface area contributed by atoms with Gasteiger partial charge in [-0.2, -0.15) is 0 Å². The normalized spacial score (nSPS) is 21.0. The number of aromatic nitrogens is 2. The van der Waals surface area contributed by atoms with E-state index in [1.807, 2.05) is 35.2 Å². The lowest BCUT2D eigenvalue weighted by molar-refractivity contribution is -0.243. The van der Waals surface area contributed by atoms with Crippen LogP contribution in [-0.4, -0.2) is 59.9 Å². The molecular formula is C34H37N3O4. The molecule has 2 fully saturated rings. The molecule has 0 saturated carbocycles. The van der Waals surface area contributed by atoms with E-state index in [9.17, 15) is 4.79 Å². The fourth-order valence-electron chi connectivity index (χ4n) is 5.57. The highest BCUT2D eigenvalue weighted by molar-refractivity contribution is 5.79. The number of amides is 1. The maximum atomic E-state index is 11.9. The molecule has 3 heterocycles. The number of benzene rings is 3. The van der Waals surface area contributed by atoms with Crippen LogP contribution in [0.15, 0.2) is 91.0 Å². The molecule has 4 aromatic rings. The third-order valence-electron chi connectivity index (χ3n) is 7.78. The van der Waals surface area contributed by atoms with E-state index in [2.05, 4.69) is 72.2 Å². The summed E-state index contributed by atoms with van der Waals surface area (Å²) in [5.74, 6) is 0.977. The summed E-state index contributed by atoms with van der Waals surface area (Å²) in [5, 5.41) is 0. The van der Waals surface area contributed by atoms with Crippen molar-refractivity contribution in [2.75, 3.05) is 39.5 Å². The fraction of sp³-hybridized carbons (Fsp3) is 0.353. The molecule has 41 heavy (non-hydrogen) atoms. The molecule has 0 unspecified atom stereocenters. The van der Waals surface area contributed by atoms with Gasteiger partial charge in [-0.1, -0.05) is 97.9 Å². The fourth-order valence-corrected chi connectivity index (χ4v) is 5.57. The summed E-state index contributed by atoms with van der Waals surface area (Å²) in [6.07, 6.45) is 0.991. The van der Waals surface area contributed by atoms with Crippen molar-refractivity contribution in [1.29, 1.82) is 0 Å². The van der Waals surface area contributed by atoms with Gasteiger partial charge in [0.1, 0.15) is 0 Å². The number of carbonyl (C=O) groups excluding carboxylic acids is 1. The van der Waals surface area contributed by atoms with Gasteiger partial charge in [-0.25, -0.2) is 4.98 Å². The molecular weight excluding hydrogens is 514 g/mol. The van der Waals surface area contributed by atoms with Crippen molar-refractivity contribution in [3.63, 3.8) is 0 Å². The second kappa shape index (κ2) is 12.4. The van der Waals surface area contributed by atoms with E-state index in [4.69, 9.17) is 19.2 Å². The van der Waals surface area contributed by atoms with Gasteiger partial charge in [0.2, 0.25) is 12.2 Å². The topological polar surface area (TPSA) is 65.8 Å². The lowest BCUT2D eigenvalue weighted by atomic mass is 9.93. The van der Waals surface area contributed by atoms with E-state index in [1.165, 1.54) is 5.56 Å². The van der Waals surface area contributed by atoms with Crippen LogP contribution in [0.25, 0.3) is 22.5 Å². The quantitative estimate of drug-likeness (QED) is 0.228. The van der Waals surface area contributed by atoms with Gasteiger partial charge < -0.3 is 23.7 Å². The van der Waals surface area contributed by atoms with E-state index in [-0.39, 0.29) is 11.3 Å². The zero-order valence-electron chi connectivity index (χ0n) is 23.6. The van der Waals surface area contributed by atoms with Crippen molar-refractivity contribution in [2.45, 2.75) is 32.6 Å². The van der Waals surface area contributed by atoms with E-state index in [0.717, 1.165) is 41.3 Å². The molecule has 7 nitrogen and oxygen atoms in total. The van der Waals surface area contributed by atoms with Gasteiger partial charge in [0.05, 0.1) is 37.8 Å². The molecule has 1 amide bonds. The lowest BCUT2D eigenvalue weighted by Gasteiger charge is -2.37. The smallest absolute Gasteiger partial charge is 0.222 e. The number of hydrogen-bond donors (Lipinski definition) is 0. The van der Waals surface area contributed by atoms with Gasteiger partial charge in [0.25, 0.3) is 0 Å². The molecule has 1 aromatic heterocycles. The van der Waals surface area contributed by atoms with Gasteiger partial charge in [0, 0.05) is 42.6 Å². The molecule has 2 aliphatic rings. The summed E-state index contributed by atoms with van der Waals surface area (Å²) in [5.41, 5.74) is 4.97. The molecule has 0 bridgehead atoms. The van der Waals surface area contributed by atoms with Gasteiger partial charge in [-0.05, 0) is 12.0 Å². The summed E-state index contributed by atoms with van der Waals surface area (Å²) in [7, 11) is 0. The number of imidazole rings is 1. The second-order valence-corrected chi connectivity index (χ2v) is 11.3. The summed E-state index contributed by atoms with van der Waals surface area (Å²) in [4.78, 5) is 19.0. The first kappa shape index (κ1) is 27.4. The van der Waals surface area contributed by atoms with Crippen molar-refractivity contribution < 1.29 is 19.0 Å². The first-order valence-corrected chi connectivity index (χ1v) is 14.4. The molecule has 7 heteroatoms. The molecule has 6 rings (SSSR count). The Morgan fingerprint density at radius 2 is 1.54 bits per heavy atom. The van der Waals surface area contributed by atoms with Crippen LogP contribution in [0.4, 0.5) is 0 Å². The first-order chi connectivity index (χ1) is 20.1. The Morgan fingerprint density at radius 3 is 2.17 bits per heavy atom. The van der Waals surface area contributed by atoms with E-state index >= 15 is 0 Å². The number of likely N-dealkylation sites (tertiary alicyclic amines) is 1. The zero-order chi connectivity index (χ0) is 28.1. The standard InChI is InChI=1S/C34H37N3O4/c1-34(23-39-21-20-36-19-11-18-29(36)38)24-40-33(41-25-34)32-35-30(27-14-7-3-8-15-27)31(28-16-9-4-10-17-28)37(32)22-26-12-5-2-6-13-26/h2-10,12-17,33H,11,18-25H2,1H3. The minimum Gasteiger partial charge on any atom is -0.379 e. The second-order valence-electron chi connectivity index (χ2n) is 11.3. The predicted molar refractivity (Wildman–Crippen MR) is 158 cm³/mol. The summed E-state index contributed by atoms with van der Waals surface area (Å²) >= 11 is 0. The minimum absolute atomic E-state index is 0.225. The Morgan fingerprint density at radius 1 is 0.902 bits per heavy atom. The van der Waals surface area contributed by atoms with Crippen LogP contribution < -0.4 is 0 Å². The molecule has 0 atom stereocenters. The van der Waals surface area contributed by atoms with Crippen molar-refractivity contribution in [1.82, 2.24) is 14.5 Å². The van der Waals surface area contributed by atoms with E-state index in [1.54, 1.807) is 0 Å². The molecule has 212 valence electrons. The Labute approximate surface area is 241 Å². The van der Waals surface area contributed by atoms with Crippen LogP contribution in [0.3, 0.4) is 0 Å². The third-order valence-corrected chi connectivity index (χ3v) is 7.78. The molecule has 0 radical (unpaired) electrons. The van der Waals surface area contributed by atoms with Crippen LogP contribution in [0, 0.1) is 5.41 Å². The SMILES string of the molecule is CC1(COCCN2CCCC2=O)COC(c2nc(-c3ccccc3)c(-c3ccccc3)n2Cc2ccccc2)OC1. The van der Waals surface area contributed by atoms with Gasteiger partial charge in [-0.15, -0.1) is 0 Å². The molecule has 2 aliphatic heterocycles. The molecule has 2 saturated heterocycles. The van der Waals surface area contributed by atoms with Gasteiger partial charge in [0.15, 0.2) is 5.82 Å². The van der Waals surface area contributed by atoms with Crippen LogP contribution in [0.1, 0.15) is 37.4 Å². The molecule has 0 aliphatic carbocycles. The van der Waals surface area contributed by atoms with Gasteiger partial charge in [-0.3, -0.25) is 4.79 Å². The van der Waals surface area contributed by atoms with Crippen molar-refractivity contribution in [3.05, 3.63) is 102 Å². The highest BCUT2D eigenvalue weighted by Gasteiger charge is 2.37. The third kappa shape index (κ3) is 6.27. The average molecular weight is 552 g/mol. The highest BCUT2D eigenvalue weighted by Crippen LogP contribution is 2.38. The number of carbonyl (C=O) groups is 1. The van der Waals surface area contributed by atoms with Crippen molar-refractivity contribution in [3.8, 4) is 22.5 Å². The van der Waals surface area contributed by atoms with Crippen LogP contribution in [-0.2, 0) is 25.5 Å². The monoisotopic (exact) mass is 551 g/mol. The number of rotatable bonds is 10. The Balaban J connectivity index is 1.25. The van der Waals surface area contributed by atoms with Crippen molar-refractivity contribution >= 4 is 5.91 Å². The molecule has 0 spiro atoms. The zero-order valence-corrected chi connectivity index (χ0v) is 23.6. The average Bonchev–Trinajstić information content (AvgIpc) is 3.60.